The number of carbonyl (C=O) groups is 1. The van der Waals surface area contributed by atoms with Crippen LogP contribution in [0.2, 0.25) is 0 Å². The molecule has 156 valence electrons. The monoisotopic (exact) mass is 429 g/mol. The molecule has 3 aromatic carbocycles. The van der Waals surface area contributed by atoms with Gasteiger partial charge in [-0.3, -0.25) is 4.79 Å². The number of nitrogens with zero attached hydrogens (tertiary/aromatic N) is 1. The molecule has 2 N–H and O–H groups in total. The van der Waals surface area contributed by atoms with Crippen LogP contribution in [0.4, 0.5) is 27.6 Å². The Balaban J connectivity index is 1.67. The van der Waals surface area contributed by atoms with E-state index in [4.69, 9.17) is 0 Å². The summed E-state index contributed by atoms with van der Waals surface area (Å²) in [5.74, 6) is -2.18. The van der Waals surface area contributed by atoms with E-state index in [2.05, 4.69) is 15.3 Å². The van der Waals surface area contributed by atoms with E-state index in [-0.39, 0.29) is 40.3 Å². The Morgan fingerprint density at radius 1 is 0.903 bits per heavy atom. The van der Waals surface area contributed by atoms with Crippen LogP contribution < -0.4 is 5.32 Å². The Morgan fingerprint density at radius 2 is 1.65 bits per heavy atom. The van der Waals surface area contributed by atoms with Gasteiger partial charge < -0.3 is 10.3 Å². The number of rotatable bonds is 2. The first-order valence-corrected chi connectivity index (χ1v) is 9.18. The number of aromatic nitrogens is 2. The maximum Gasteiger partial charge on any atom is 0.417 e. The van der Waals surface area contributed by atoms with Crippen LogP contribution >= 0.6 is 0 Å². The minimum absolute atomic E-state index is 0.105. The van der Waals surface area contributed by atoms with Gasteiger partial charge in [0.2, 0.25) is 5.91 Å². The lowest BCUT2D eigenvalue weighted by Crippen LogP contribution is -2.07. The first kappa shape index (κ1) is 19.2. The summed E-state index contributed by atoms with van der Waals surface area (Å²) in [4.78, 5) is 18.6. The summed E-state index contributed by atoms with van der Waals surface area (Å²) in [7, 11) is 0. The van der Waals surface area contributed by atoms with Crippen LogP contribution in [0.25, 0.3) is 33.5 Å². The molecular weight excluding hydrogens is 417 g/mol. The fourth-order valence-corrected chi connectivity index (χ4v) is 3.70. The van der Waals surface area contributed by atoms with E-state index in [1.807, 2.05) is 0 Å². The van der Waals surface area contributed by atoms with E-state index in [1.165, 1.54) is 24.3 Å². The molecule has 1 aromatic heterocycles. The van der Waals surface area contributed by atoms with Crippen LogP contribution in [-0.2, 0) is 17.4 Å². The molecule has 0 unspecified atom stereocenters. The first-order chi connectivity index (χ1) is 14.7. The lowest BCUT2D eigenvalue weighted by Gasteiger charge is -2.15. The van der Waals surface area contributed by atoms with Crippen molar-refractivity contribution in [3.05, 3.63) is 71.3 Å². The van der Waals surface area contributed by atoms with Crippen LogP contribution in [-0.4, -0.2) is 15.9 Å². The number of halogens is 5. The fourth-order valence-electron chi connectivity index (χ4n) is 3.70. The lowest BCUT2D eigenvalue weighted by atomic mass is 9.95. The minimum Gasteiger partial charge on any atom is -0.338 e. The highest BCUT2D eigenvalue weighted by molar-refractivity contribution is 6.00. The highest BCUT2D eigenvalue weighted by atomic mass is 19.4. The lowest BCUT2D eigenvalue weighted by molar-refractivity contribution is -0.137. The predicted octanol–water partition coefficient (Wildman–Crippen LogP) is 5.69. The summed E-state index contributed by atoms with van der Waals surface area (Å²) in [5.41, 5.74) is 1.16. The third-order valence-electron chi connectivity index (χ3n) is 5.17. The third kappa shape index (κ3) is 3.31. The van der Waals surface area contributed by atoms with Crippen molar-refractivity contribution in [2.75, 3.05) is 5.32 Å². The van der Waals surface area contributed by atoms with Crippen molar-refractivity contribution in [1.29, 1.82) is 0 Å². The van der Waals surface area contributed by atoms with E-state index < -0.39 is 23.4 Å². The maximum atomic E-state index is 13.7. The van der Waals surface area contributed by atoms with E-state index >= 15 is 0 Å². The SMILES string of the molecule is O=C1Cc2ccc(-c3cc(-c4nc5cc(F)c(F)cc5[nH]4)ccc3C(F)(F)F)cc2N1. The number of aromatic amines is 1. The summed E-state index contributed by atoms with van der Waals surface area (Å²) in [6, 6.07) is 9.98. The predicted molar refractivity (Wildman–Crippen MR) is 104 cm³/mol. The van der Waals surface area contributed by atoms with Gasteiger partial charge >= 0.3 is 6.18 Å². The van der Waals surface area contributed by atoms with Crippen LogP contribution in [0.5, 0.6) is 0 Å². The van der Waals surface area contributed by atoms with Crippen LogP contribution in [0.1, 0.15) is 11.1 Å². The molecule has 1 amide bonds. The summed E-state index contributed by atoms with van der Waals surface area (Å²) in [6.45, 7) is 0. The number of hydrogen-bond acceptors (Lipinski definition) is 2. The maximum absolute atomic E-state index is 13.7. The number of alkyl halides is 3. The van der Waals surface area contributed by atoms with E-state index in [9.17, 15) is 26.7 Å². The second kappa shape index (κ2) is 6.63. The van der Waals surface area contributed by atoms with Gasteiger partial charge in [-0.05, 0) is 34.9 Å². The van der Waals surface area contributed by atoms with Crippen LogP contribution in [0.15, 0.2) is 48.5 Å². The standard InChI is InChI=1S/C22H12F5N3O/c23-15-8-18-19(9-16(15)24)30-21(29-18)12-3-4-14(22(25,26)27)13(5-12)10-1-2-11-7-20(31)28-17(11)6-10/h1-6,8-9H,7H2,(H,28,31)(H,29,30). The van der Waals surface area contributed by atoms with Crippen molar-refractivity contribution < 1.29 is 26.7 Å². The molecule has 5 rings (SSSR count). The molecule has 0 saturated carbocycles. The van der Waals surface area contributed by atoms with Gasteiger partial charge in [0.1, 0.15) is 5.82 Å². The van der Waals surface area contributed by atoms with Gasteiger partial charge in [0.15, 0.2) is 11.6 Å². The molecule has 4 aromatic rings. The fraction of sp³-hybridized carbons (Fsp3) is 0.0909. The molecule has 0 atom stereocenters. The average molecular weight is 429 g/mol. The van der Waals surface area contributed by atoms with Crippen LogP contribution in [0, 0.1) is 11.6 Å². The second-order valence-electron chi connectivity index (χ2n) is 7.22. The number of imidazole rings is 1. The molecule has 31 heavy (non-hydrogen) atoms. The summed E-state index contributed by atoms with van der Waals surface area (Å²) >= 11 is 0. The summed E-state index contributed by atoms with van der Waals surface area (Å²) in [5, 5.41) is 2.63. The Labute approximate surface area is 171 Å². The van der Waals surface area contributed by atoms with Crippen molar-refractivity contribution >= 4 is 22.6 Å². The molecule has 1 aliphatic rings. The molecule has 4 nitrogen and oxygen atoms in total. The number of anilines is 1. The van der Waals surface area contributed by atoms with Crippen molar-refractivity contribution in [1.82, 2.24) is 9.97 Å². The molecule has 0 spiro atoms. The van der Waals surface area contributed by atoms with Crippen molar-refractivity contribution in [3.8, 4) is 22.5 Å². The smallest absolute Gasteiger partial charge is 0.338 e. The summed E-state index contributed by atoms with van der Waals surface area (Å²) in [6.07, 6.45) is -4.44. The summed E-state index contributed by atoms with van der Waals surface area (Å²) < 4.78 is 68.0. The van der Waals surface area contributed by atoms with E-state index in [0.717, 1.165) is 18.2 Å². The minimum atomic E-state index is -4.61. The van der Waals surface area contributed by atoms with Crippen molar-refractivity contribution in [3.63, 3.8) is 0 Å². The third-order valence-corrected chi connectivity index (χ3v) is 5.17. The second-order valence-corrected chi connectivity index (χ2v) is 7.22. The zero-order chi connectivity index (χ0) is 21.9. The molecule has 0 bridgehead atoms. The molecule has 0 saturated heterocycles. The molecule has 0 fully saturated rings. The average Bonchev–Trinajstić information content (AvgIpc) is 3.28. The van der Waals surface area contributed by atoms with Gasteiger partial charge in [-0.25, -0.2) is 13.8 Å². The number of H-pyrrole nitrogens is 1. The number of amides is 1. The number of carbonyl (C=O) groups excluding carboxylic acids is 1. The van der Waals surface area contributed by atoms with Crippen molar-refractivity contribution in [2.24, 2.45) is 0 Å². The first-order valence-electron chi connectivity index (χ1n) is 9.18. The topological polar surface area (TPSA) is 57.8 Å². The Kier molecular flexibility index (Phi) is 4.11. The van der Waals surface area contributed by atoms with Gasteiger partial charge in [-0.1, -0.05) is 18.2 Å². The molecule has 0 aliphatic carbocycles. The zero-order valence-electron chi connectivity index (χ0n) is 15.6. The number of hydrogen-bond donors (Lipinski definition) is 2. The van der Waals surface area contributed by atoms with Gasteiger partial charge in [0, 0.05) is 23.4 Å². The van der Waals surface area contributed by atoms with Crippen LogP contribution in [0.3, 0.4) is 0 Å². The highest BCUT2D eigenvalue weighted by Gasteiger charge is 2.34. The number of nitrogens with one attached hydrogen (secondary N) is 2. The Hall–Kier alpha value is -3.75. The molecule has 1 aliphatic heterocycles. The Bertz CT molecular complexity index is 1330. The van der Waals surface area contributed by atoms with E-state index in [0.29, 0.717) is 16.8 Å². The number of benzene rings is 3. The van der Waals surface area contributed by atoms with Crippen molar-refractivity contribution in [2.45, 2.75) is 12.6 Å². The molecular formula is C22H12F5N3O. The highest BCUT2D eigenvalue weighted by Crippen LogP contribution is 2.40. The molecule has 2 heterocycles. The quantitative estimate of drug-likeness (QED) is 0.403. The van der Waals surface area contributed by atoms with E-state index in [1.54, 1.807) is 6.07 Å². The van der Waals surface area contributed by atoms with Gasteiger partial charge in [0.05, 0.1) is 23.0 Å². The zero-order valence-corrected chi connectivity index (χ0v) is 15.6. The number of fused-ring (bicyclic) bond motifs is 2. The van der Waals surface area contributed by atoms with Gasteiger partial charge in [-0.2, -0.15) is 13.2 Å². The Morgan fingerprint density at radius 3 is 2.42 bits per heavy atom. The molecule has 9 heteroatoms. The largest absolute Gasteiger partial charge is 0.417 e. The van der Waals surface area contributed by atoms with Gasteiger partial charge in [0.25, 0.3) is 0 Å². The normalized spacial score (nSPS) is 13.5. The molecule has 0 radical (unpaired) electrons. The van der Waals surface area contributed by atoms with Gasteiger partial charge in [-0.15, -0.1) is 0 Å².